The molecule has 0 aliphatic rings. The van der Waals surface area contributed by atoms with Crippen molar-refractivity contribution in [1.29, 1.82) is 0 Å². The normalized spacial score (nSPS) is 12.1. The van der Waals surface area contributed by atoms with Gasteiger partial charge in [0.05, 0.1) is 17.7 Å². The van der Waals surface area contributed by atoms with Crippen molar-refractivity contribution in [3.8, 4) is 5.75 Å². The van der Waals surface area contributed by atoms with Crippen LogP contribution < -0.4 is 14.4 Å². The molecular formula is C30H36BrN3O5S. The lowest BCUT2D eigenvalue weighted by molar-refractivity contribution is -0.139. The van der Waals surface area contributed by atoms with Gasteiger partial charge in [0.25, 0.3) is 10.0 Å². The third-order valence-corrected chi connectivity index (χ3v) is 8.68. The standard InChI is InChI=1S/C30H36BrN3O5S/c1-21(2)18-32-30(36)23(4)33(19-24-8-14-27(39-5)15-9-24)29(35)20-34(26-12-10-25(31)11-13-26)40(37,38)28-16-6-22(3)7-17-28/h6-17,21,23H,18-20H2,1-5H3,(H,32,36)/t23-/m1/s1. The van der Waals surface area contributed by atoms with Crippen molar-refractivity contribution in [3.05, 3.63) is 88.4 Å². The summed E-state index contributed by atoms with van der Waals surface area (Å²) in [5.41, 5.74) is 2.02. The van der Waals surface area contributed by atoms with Crippen LogP contribution in [-0.4, -0.2) is 51.4 Å². The molecule has 0 aliphatic heterocycles. The number of halogens is 1. The van der Waals surface area contributed by atoms with Gasteiger partial charge in [0.1, 0.15) is 18.3 Å². The second-order valence-corrected chi connectivity index (χ2v) is 12.8. The molecule has 0 heterocycles. The van der Waals surface area contributed by atoms with Crippen LogP contribution in [0, 0.1) is 12.8 Å². The SMILES string of the molecule is COc1ccc(CN(C(=O)CN(c2ccc(Br)cc2)S(=O)(=O)c2ccc(C)cc2)[C@H](C)C(=O)NCC(C)C)cc1. The summed E-state index contributed by atoms with van der Waals surface area (Å²) in [5, 5.41) is 2.88. The molecule has 3 aromatic carbocycles. The van der Waals surface area contributed by atoms with E-state index in [0.29, 0.717) is 18.0 Å². The largest absolute Gasteiger partial charge is 0.497 e. The summed E-state index contributed by atoms with van der Waals surface area (Å²) in [6.45, 7) is 7.56. The zero-order chi connectivity index (χ0) is 29.4. The molecule has 0 unspecified atom stereocenters. The van der Waals surface area contributed by atoms with Gasteiger partial charge in [-0.05, 0) is 73.9 Å². The number of benzene rings is 3. The summed E-state index contributed by atoms with van der Waals surface area (Å²) in [5.74, 6) is 0.0677. The van der Waals surface area contributed by atoms with Crippen molar-refractivity contribution >= 4 is 43.5 Å². The minimum absolute atomic E-state index is 0.0678. The van der Waals surface area contributed by atoms with Gasteiger partial charge < -0.3 is 15.0 Å². The fraction of sp³-hybridized carbons (Fsp3) is 0.333. The Morgan fingerprint density at radius 3 is 2.08 bits per heavy atom. The minimum atomic E-state index is -4.11. The summed E-state index contributed by atoms with van der Waals surface area (Å²) in [7, 11) is -2.54. The van der Waals surface area contributed by atoms with Gasteiger partial charge in [0.2, 0.25) is 11.8 Å². The van der Waals surface area contributed by atoms with Crippen molar-refractivity contribution in [3.63, 3.8) is 0 Å². The first-order valence-corrected chi connectivity index (χ1v) is 15.2. The second-order valence-electron chi connectivity index (χ2n) is 9.99. The molecule has 1 N–H and O–H groups in total. The number of ether oxygens (including phenoxy) is 1. The third-order valence-electron chi connectivity index (χ3n) is 6.37. The predicted octanol–water partition coefficient (Wildman–Crippen LogP) is 5.15. The van der Waals surface area contributed by atoms with Crippen LogP contribution in [0.5, 0.6) is 5.75 Å². The Kier molecular flexibility index (Phi) is 10.8. The van der Waals surface area contributed by atoms with Gasteiger partial charge >= 0.3 is 0 Å². The van der Waals surface area contributed by atoms with Crippen LogP contribution in [0.1, 0.15) is 31.9 Å². The molecule has 214 valence electrons. The molecule has 8 nitrogen and oxygen atoms in total. The highest BCUT2D eigenvalue weighted by atomic mass is 79.9. The molecule has 1 atom stereocenters. The first-order chi connectivity index (χ1) is 18.9. The lowest BCUT2D eigenvalue weighted by Gasteiger charge is -2.32. The molecule has 3 aromatic rings. The van der Waals surface area contributed by atoms with Crippen LogP contribution >= 0.6 is 15.9 Å². The zero-order valence-corrected chi connectivity index (χ0v) is 25.8. The van der Waals surface area contributed by atoms with Crippen molar-refractivity contribution in [2.45, 2.75) is 45.2 Å². The second kappa shape index (κ2) is 13.8. The molecule has 40 heavy (non-hydrogen) atoms. The van der Waals surface area contributed by atoms with Gasteiger partial charge in [-0.25, -0.2) is 8.42 Å². The van der Waals surface area contributed by atoms with Gasteiger partial charge in [0, 0.05) is 17.6 Å². The first-order valence-electron chi connectivity index (χ1n) is 13.0. The van der Waals surface area contributed by atoms with E-state index in [9.17, 15) is 18.0 Å². The van der Waals surface area contributed by atoms with Crippen molar-refractivity contribution in [2.75, 3.05) is 24.5 Å². The number of methoxy groups -OCH3 is 1. The number of hydrogen-bond acceptors (Lipinski definition) is 5. The molecular weight excluding hydrogens is 594 g/mol. The number of nitrogens with one attached hydrogen (secondary N) is 1. The number of amides is 2. The summed E-state index contributed by atoms with van der Waals surface area (Å²) in [4.78, 5) is 28.5. The number of rotatable bonds is 12. The highest BCUT2D eigenvalue weighted by molar-refractivity contribution is 9.10. The summed E-state index contributed by atoms with van der Waals surface area (Å²) < 4.78 is 34.8. The summed E-state index contributed by atoms with van der Waals surface area (Å²) >= 11 is 3.38. The summed E-state index contributed by atoms with van der Waals surface area (Å²) in [6, 6.07) is 19.5. The maximum atomic E-state index is 13.9. The van der Waals surface area contributed by atoms with Crippen molar-refractivity contribution in [2.24, 2.45) is 5.92 Å². The fourth-order valence-corrected chi connectivity index (χ4v) is 5.61. The molecule has 0 spiro atoms. The van der Waals surface area contributed by atoms with Gasteiger partial charge in [-0.2, -0.15) is 0 Å². The van der Waals surface area contributed by atoms with Crippen LogP contribution in [0.4, 0.5) is 5.69 Å². The smallest absolute Gasteiger partial charge is 0.264 e. The summed E-state index contributed by atoms with van der Waals surface area (Å²) in [6.07, 6.45) is 0. The van der Waals surface area contributed by atoms with E-state index in [1.807, 2.05) is 32.9 Å². The zero-order valence-electron chi connectivity index (χ0n) is 23.4. The Hall–Kier alpha value is -3.37. The third kappa shape index (κ3) is 8.08. The Morgan fingerprint density at radius 1 is 0.925 bits per heavy atom. The average molecular weight is 631 g/mol. The quantitative estimate of drug-likeness (QED) is 0.299. The van der Waals surface area contributed by atoms with Gasteiger partial charge in [-0.15, -0.1) is 0 Å². The number of nitrogens with zero attached hydrogens (tertiary/aromatic N) is 2. The molecule has 0 fully saturated rings. The van der Waals surface area contributed by atoms with Crippen molar-refractivity contribution in [1.82, 2.24) is 10.2 Å². The van der Waals surface area contributed by atoms with E-state index in [1.165, 1.54) is 17.0 Å². The highest BCUT2D eigenvalue weighted by Crippen LogP contribution is 2.26. The van der Waals surface area contributed by atoms with Crippen LogP contribution in [-0.2, 0) is 26.2 Å². The van der Waals surface area contributed by atoms with Crippen LogP contribution in [0.3, 0.4) is 0 Å². The van der Waals surface area contributed by atoms with Gasteiger partial charge in [-0.3, -0.25) is 13.9 Å². The molecule has 0 aromatic heterocycles. The molecule has 2 amide bonds. The Bertz CT molecular complexity index is 1390. The fourth-order valence-electron chi connectivity index (χ4n) is 3.94. The van der Waals surface area contributed by atoms with Crippen LogP contribution in [0.2, 0.25) is 0 Å². The van der Waals surface area contributed by atoms with Crippen LogP contribution in [0.25, 0.3) is 0 Å². The Labute approximate surface area is 245 Å². The van der Waals surface area contributed by atoms with Crippen molar-refractivity contribution < 1.29 is 22.7 Å². The topological polar surface area (TPSA) is 96.0 Å². The Morgan fingerprint density at radius 2 is 1.52 bits per heavy atom. The molecule has 0 bridgehead atoms. The number of carbonyl (C=O) groups is 2. The highest BCUT2D eigenvalue weighted by Gasteiger charge is 2.32. The Balaban J connectivity index is 2.00. The van der Waals surface area contributed by atoms with E-state index < -0.39 is 28.5 Å². The molecule has 0 saturated carbocycles. The molecule has 0 aliphatic carbocycles. The lowest BCUT2D eigenvalue weighted by Crippen LogP contribution is -2.51. The van der Waals surface area contributed by atoms with E-state index in [0.717, 1.165) is 19.9 Å². The number of anilines is 1. The number of aryl methyl sites for hydroxylation is 1. The minimum Gasteiger partial charge on any atom is -0.497 e. The maximum absolute atomic E-state index is 13.9. The number of hydrogen-bond donors (Lipinski definition) is 1. The van der Waals surface area contributed by atoms with Gasteiger partial charge in [0.15, 0.2) is 0 Å². The predicted molar refractivity (Wildman–Crippen MR) is 161 cm³/mol. The monoisotopic (exact) mass is 629 g/mol. The van der Waals surface area contributed by atoms with Crippen LogP contribution in [0.15, 0.2) is 82.2 Å². The lowest BCUT2D eigenvalue weighted by atomic mass is 10.1. The van der Waals surface area contributed by atoms with E-state index in [-0.39, 0.29) is 23.3 Å². The molecule has 3 rings (SSSR count). The van der Waals surface area contributed by atoms with E-state index in [2.05, 4.69) is 21.2 Å². The molecule has 10 heteroatoms. The van der Waals surface area contributed by atoms with Gasteiger partial charge in [-0.1, -0.05) is 59.6 Å². The number of sulfonamides is 1. The number of carbonyl (C=O) groups excluding carboxylic acids is 2. The molecule has 0 saturated heterocycles. The maximum Gasteiger partial charge on any atom is 0.264 e. The van der Waals surface area contributed by atoms with E-state index in [1.54, 1.807) is 62.6 Å². The average Bonchev–Trinajstić information content (AvgIpc) is 2.93. The first kappa shape index (κ1) is 31.2. The van der Waals surface area contributed by atoms with E-state index >= 15 is 0 Å². The molecule has 0 radical (unpaired) electrons. The van der Waals surface area contributed by atoms with E-state index in [4.69, 9.17) is 4.74 Å².